The summed E-state index contributed by atoms with van der Waals surface area (Å²) in [5.41, 5.74) is 0.703. The lowest BCUT2D eigenvalue weighted by Crippen LogP contribution is -2.09. The third-order valence-electron chi connectivity index (χ3n) is 1.98. The number of ether oxygens (including phenoxy) is 1. The summed E-state index contributed by atoms with van der Waals surface area (Å²) in [6, 6.07) is 4.58. The van der Waals surface area contributed by atoms with Gasteiger partial charge < -0.3 is 9.84 Å². The van der Waals surface area contributed by atoms with Gasteiger partial charge in [-0.3, -0.25) is 0 Å². The van der Waals surface area contributed by atoms with Crippen molar-refractivity contribution in [2.24, 2.45) is 0 Å². The first-order chi connectivity index (χ1) is 7.63. The van der Waals surface area contributed by atoms with Crippen LogP contribution < -0.4 is 0 Å². The molecule has 0 atom stereocenters. The maximum atomic E-state index is 11.5. The summed E-state index contributed by atoms with van der Waals surface area (Å²) in [5.74, 6) is -0.570. The summed E-state index contributed by atoms with van der Waals surface area (Å²) < 4.78 is 4.81. The van der Waals surface area contributed by atoms with Crippen molar-refractivity contribution in [1.29, 1.82) is 5.26 Å². The van der Waals surface area contributed by atoms with Gasteiger partial charge in [0.25, 0.3) is 0 Å². The van der Waals surface area contributed by atoms with Crippen molar-refractivity contribution < 1.29 is 14.6 Å². The summed E-state index contributed by atoms with van der Waals surface area (Å²) in [6.07, 6.45) is 0. The third-order valence-corrected chi connectivity index (χ3v) is 2.29. The van der Waals surface area contributed by atoms with Crippen molar-refractivity contribution >= 4 is 17.6 Å². The number of hydrogen-bond acceptors (Lipinski definition) is 4. The second kappa shape index (κ2) is 5.50. The fourth-order valence-corrected chi connectivity index (χ4v) is 1.46. The Morgan fingerprint density at radius 3 is 2.81 bits per heavy atom. The molecular formula is C11H10ClNO3. The van der Waals surface area contributed by atoms with Crippen LogP contribution in [0.2, 0.25) is 5.02 Å². The van der Waals surface area contributed by atoms with Crippen LogP contribution in [0.4, 0.5) is 0 Å². The number of aliphatic hydroxyl groups excluding tert-OH is 1. The van der Waals surface area contributed by atoms with Crippen LogP contribution in [0.25, 0.3) is 0 Å². The predicted molar refractivity (Wildman–Crippen MR) is 58.0 cm³/mol. The number of esters is 1. The lowest BCUT2D eigenvalue weighted by Gasteiger charge is -2.08. The molecule has 1 aromatic rings. The maximum absolute atomic E-state index is 11.5. The van der Waals surface area contributed by atoms with E-state index in [-0.39, 0.29) is 29.4 Å². The molecule has 0 aliphatic heterocycles. The lowest BCUT2D eigenvalue weighted by molar-refractivity contribution is 0.0523. The first kappa shape index (κ1) is 12.5. The molecule has 0 amide bonds. The van der Waals surface area contributed by atoms with Gasteiger partial charge in [0, 0.05) is 0 Å². The van der Waals surface area contributed by atoms with E-state index in [4.69, 9.17) is 26.7 Å². The van der Waals surface area contributed by atoms with Crippen molar-refractivity contribution in [1.82, 2.24) is 0 Å². The Morgan fingerprint density at radius 2 is 2.31 bits per heavy atom. The quantitative estimate of drug-likeness (QED) is 0.818. The van der Waals surface area contributed by atoms with Crippen molar-refractivity contribution in [2.45, 2.75) is 13.5 Å². The number of nitrogens with zero attached hydrogens (tertiary/aromatic N) is 1. The molecule has 5 heteroatoms. The van der Waals surface area contributed by atoms with E-state index >= 15 is 0 Å². The molecule has 1 N–H and O–H groups in total. The average Bonchev–Trinajstić information content (AvgIpc) is 2.28. The molecular weight excluding hydrogens is 230 g/mol. The first-order valence-corrected chi connectivity index (χ1v) is 5.02. The maximum Gasteiger partial charge on any atom is 0.338 e. The van der Waals surface area contributed by atoms with E-state index in [0.29, 0.717) is 5.56 Å². The molecule has 4 nitrogen and oxygen atoms in total. The van der Waals surface area contributed by atoms with Gasteiger partial charge in [-0.2, -0.15) is 5.26 Å². The third kappa shape index (κ3) is 2.51. The van der Waals surface area contributed by atoms with Gasteiger partial charge in [-0.15, -0.1) is 0 Å². The van der Waals surface area contributed by atoms with Crippen molar-refractivity contribution in [2.75, 3.05) is 6.61 Å². The Kier molecular flexibility index (Phi) is 4.29. The van der Waals surface area contributed by atoms with E-state index in [1.807, 2.05) is 6.07 Å². The standard InChI is InChI=1S/C11H10ClNO3/c1-2-16-11(15)9-3-7(5-13)10(12)4-8(9)6-14/h3-4,14H,2,6H2,1H3. The van der Waals surface area contributed by atoms with Crippen LogP contribution in [0.3, 0.4) is 0 Å². The average molecular weight is 240 g/mol. The van der Waals surface area contributed by atoms with Crippen LogP contribution in [0, 0.1) is 11.3 Å². The molecule has 0 radical (unpaired) electrons. The van der Waals surface area contributed by atoms with Crippen LogP contribution in [0.15, 0.2) is 12.1 Å². The van der Waals surface area contributed by atoms with Crippen molar-refractivity contribution in [3.63, 3.8) is 0 Å². The minimum Gasteiger partial charge on any atom is -0.462 e. The molecule has 0 bridgehead atoms. The van der Waals surface area contributed by atoms with Gasteiger partial charge >= 0.3 is 5.97 Å². The molecule has 0 aromatic heterocycles. The molecule has 0 spiro atoms. The van der Waals surface area contributed by atoms with E-state index < -0.39 is 5.97 Å². The summed E-state index contributed by atoms with van der Waals surface area (Å²) in [6.45, 7) is 1.57. The van der Waals surface area contributed by atoms with Gasteiger partial charge in [-0.25, -0.2) is 4.79 Å². The van der Waals surface area contributed by atoms with Crippen LogP contribution in [0.1, 0.15) is 28.4 Å². The molecule has 0 saturated carbocycles. The number of carbonyl (C=O) groups is 1. The Bertz CT molecular complexity index is 451. The Morgan fingerprint density at radius 1 is 1.62 bits per heavy atom. The van der Waals surface area contributed by atoms with Gasteiger partial charge in [-0.1, -0.05) is 11.6 Å². The van der Waals surface area contributed by atoms with Crippen molar-refractivity contribution in [3.05, 3.63) is 33.8 Å². The van der Waals surface area contributed by atoms with Crippen LogP contribution in [-0.4, -0.2) is 17.7 Å². The molecule has 1 rings (SSSR count). The largest absolute Gasteiger partial charge is 0.462 e. The molecule has 0 aliphatic carbocycles. The molecule has 0 heterocycles. The highest BCUT2D eigenvalue weighted by molar-refractivity contribution is 6.32. The Balaban J connectivity index is 3.26. The normalized spacial score (nSPS) is 9.62. The number of aliphatic hydroxyl groups is 1. The van der Waals surface area contributed by atoms with E-state index in [0.717, 1.165) is 0 Å². The zero-order valence-electron chi connectivity index (χ0n) is 8.66. The number of rotatable bonds is 3. The summed E-state index contributed by atoms with van der Waals surface area (Å²) >= 11 is 5.78. The van der Waals surface area contributed by atoms with Gasteiger partial charge in [0.15, 0.2) is 0 Å². The van der Waals surface area contributed by atoms with E-state index in [1.54, 1.807) is 6.92 Å². The highest BCUT2D eigenvalue weighted by atomic mass is 35.5. The van der Waals surface area contributed by atoms with Crippen LogP contribution in [0.5, 0.6) is 0 Å². The zero-order chi connectivity index (χ0) is 12.1. The molecule has 84 valence electrons. The minimum absolute atomic E-state index is 0.172. The highest BCUT2D eigenvalue weighted by Gasteiger charge is 2.15. The Labute approximate surface area is 98.0 Å². The first-order valence-electron chi connectivity index (χ1n) is 4.64. The second-order valence-corrected chi connectivity index (χ2v) is 3.39. The summed E-state index contributed by atoms with van der Waals surface area (Å²) in [5, 5.41) is 18.1. The summed E-state index contributed by atoms with van der Waals surface area (Å²) in [7, 11) is 0. The smallest absolute Gasteiger partial charge is 0.338 e. The van der Waals surface area contributed by atoms with Gasteiger partial charge in [-0.05, 0) is 24.6 Å². The van der Waals surface area contributed by atoms with Crippen LogP contribution >= 0.6 is 11.6 Å². The van der Waals surface area contributed by atoms with E-state index in [1.165, 1.54) is 12.1 Å². The fraction of sp³-hybridized carbons (Fsp3) is 0.273. The van der Waals surface area contributed by atoms with Gasteiger partial charge in [0.05, 0.1) is 29.4 Å². The minimum atomic E-state index is -0.570. The molecule has 0 fully saturated rings. The van der Waals surface area contributed by atoms with Gasteiger partial charge in [0.1, 0.15) is 6.07 Å². The molecule has 16 heavy (non-hydrogen) atoms. The fourth-order valence-electron chi connectivity index (χ4n) is 1.23. The number of hydrogen-bond donors (Lipinski definition) is 1. The van der Waals surface area contributed by atoms with Crippen molar-refractivity contribution in [3.8, 4) is 6.07 Å². The molecule has 0 aliphatic rings. The molecule has 0 unspecified atom stereocenters. The number of carbonyl (C=O) groups excluding carboxylic acids is 1. The van der Waals surface area contributed by atoms with Crippen LogP contribution in [-0.2, 0) is 11.3 Å². The zero-order valence-corrected chi connectivity index (χ0v) is 9.41. The second-order valence-electron chi connectivity index (χ2n) is 2.98. The van der Waals surface area contributed by atoms with E-state index in [2.05, 4.69) is 0 Å². The molecule has 0 saturated heterocycles. The number of halogens is 1. The predicted octanol–water partition coefficient (Wildman–Crippen LogP) is 1.88. The number of benzene rings is 1. The van der Waals surface area contributed by atoms with E-state index in [9.17, 15) is 4.79 Å². The monoisotopic (exact) mass is 239 g/mol. The highest BCUT2D eigenvalue weighted by Crippen LogP contribution is 2.22. The summed E-state index contributed by atoms with van der Waals surface area (Å²) in [4.78, 5) is 11.5. The topological polar surface area (TPSA) is 70.3 Å². The lowest BCUT2D eigenvalue weighted by atomic mass is 10.0. The Hall–Kier alpha value is -1.57. The molecule has 1 aromatic carbocycles. The number of nitriles is 1. The van der Waals surface area contributed by atoms with Gasteiger partial charge in [0.2, 0.25) is 0 Å². The SMILES string of the molecule is CCOC(=O)c1cc(C#N)c(Cl)cc1CO.